The van der Waals surface area contributed by atoms with E-state index in [4.69, 9.17) is 0 Å². The van der Waals surface area contributed by atoms with E-state index in [0.29, 0.717) is 0 Å². The molecular formula is C13H19PS. The van der Waals surface area contributed by atoms with E-state index in [2.05, 4.69) is 44.5 Å². The average Bonchev–Trinajstić information content (AvgIpc) is 2.19. The van der Waals surface area contributed by atoms with Gasteiger partial charge in [0.2, 0.25) is 0 Å². The molecule has 0 nitrogen and oxygen atoms in total. The second kappa shape index (κ2) is 5.72. The van der Waals surface area contributed by atoms with Crippen molar-refractivity contribution in [3.05, 3.63) is 35.1 Å². The Labute approximate surface area is 98.7 Å². The average molecular weight is 238 g/mol. The minimum Gasteiger partial charge on any atom is -0.0939 e. The summed E-state index contributed by atoms with van der Waals surface area (Å²) in [5.74, 6) is 2.40. The predicted octanol–water partition coefficient (Wildman–Crippen LogP) is 5.51. The summed E-state index contributed by atoms with van der Waals surface area (Å²) >= 11 is 2.02. The van der Waals surface area contributed by atoms with Gasteiger partial charge in [0.25, 0.3) is 0 Å². The molecule has 0 aliphatic carbocycles. The van der Waals surface area contributed by atoms with Crippen LogP contribution in [0.5, 0.6) is 0 Å². The summed E-state index contributed by atoms with van der Waals surface area (Å²) in [5, 5.41) is 0. The van der Waals surface area contributed by atoms with Crippen LogP contribution >= 0.6 is 18.5 Å². The molecule has 1 aromatic rings. The summed E-state index contributed by atoms with van der Waals surface area (Å²) in [6, 6.07) is 6.74. The second-order valence-electron chi connectivity index (χ2n) is 3.45. The molecule has 0 spiro atoms. The third-order valence-corrected chi connectivity index (χ3v) is 5.52. The number of aryl methyl sites for hydroxylation is 1. The van der Waals surface area contributed by atoms with Gasteiger partial charge >= 0.3 is 0 Å². The number of allylic oxidation sites excluding steroid dienone is 1. The maximum atomic E-state index is 2.40. The van der Waals surface area contributed by atoms with E-state index in [0.717, 1.165) is 0 Å². The van der Waals surface area contributed by atoms with Crippen LogP contribution in [-0.4, -0.2) is 6.66 Å². The summed E-state index contributed by atoms with van der Waals surface area (Å²) in [6.07, 6.45) is 0. The first-order valence-corrected chi connectivity index (χ1v) is 8.65. The van der Waals surface area contributed by atoms with E-state index in [1.54, 1.807) is 0 Å². The molecule has 0 N–H and O–H groups in total. The highest BCUT2D eigenvalue weighted by atomic mass is 32.7. The maximum absolute atomic E-state index is 2.40. The van der Waals surface area contributed by atoms with Gasteiger partial charge in [-0.1, -0.05) is 37.4 Å². The van der Waals surface area contributed by atoms with Crippen molar-refractivity contribution in [1.29, 1.82) is 0 Å². The van der Waals surface area contributed by atoms with E-state index < -0.39 is 0 Å². The summed E-state index contributed by atoms with van der Waals surface area (Å²) in [7, 11) is 0.0247. The first-order chi connectivity index (χ1) is 7.16. The van der Waals surface area contributed by atoms with Crippen molar-refractivity contribution >= 4 is 24.1 Å². The molecule has 2 rings (SSSR count). The lowest BCUT2D eigenvalue weighted by molar-refractivity contribution is 1.32. The Hall–Kier alpha value is -0.260. The first kappa shape index (κ1) is 12.8. The molecule has 1 aromatic carbocycles. The van der Waals surface area contributed by atoms with Crippen molar-refractivity contribution in [3.63, 3.8) is 0 Å². The fraction of sp³-hybridized carbons (Fsp3) is 0.385. The molecule has 0 saturated carbocycles. The predicted molar refractivity (Wildman–Crippen MR) is 74.9 cm³/mol. The molecule has 1 unspecified atom stereocenters. The second-order valence-corrected chi connectivity index (χ2v) is 7.70. The van der Waals surface area contributed by atoms with E-state index in [9.17, 15) is 0 Å². The molecule has 0 saturated heterocycles. The Morgan fingerprint density at radius 3 is 2.47 bits per heavy atom. The van der Waals surface area contributed by atoms with Crippen LogP contribution < -0.4 is 0 Å². The van der Waals surface area contributed by atoms with Gasteiger partial charge in [-0.25, -0.2) is 0 Å². The Morgan fingerprint density at radius 2 is 1.80 bits per heavy atom. The Balaban J connectivity index is 0.000000531. The van der Waals surface area contributed by atoms with Crippen molar-refractivity contribution in [2.75, 3.05) is 6.66 Å². The third-order valence-electron chi connectivity index (χ3n) is 2.18. The minimum atomic E-state index is 0.0247. The van der Waals surface area contributed by atoms with Crippen LogP contribution in [-0.2, 0) is 0 Å². The molecule has 1 heterocycles. The van der Waals surface area contributed by atoms with E-state index >= 15 is 0 Å². The zero-order valence-corrected chi connectivity index (χ0v) is 11.9. The molecule has 0 amide bonds. The molecule has 0 fully saturated rings. The highest BCUT2D eigenvalue weighted by Crippen LogP contribution is 2.58. The fourth-order valence-corrected chi connectivity index (χ4v) is 5.18. The maximum Gasteiger partial charge on any atom is 0.0197 e. The summed E-state index contributed by atoms with van der Waals surface area (Å²) in [5.41, 5.74) is 4.24. The number of hydrogen-bond acceptors (Lipinski definition) is 1. The van der Waals surface area contributed by atoms with Crippen molar-refractivity contribution < 1.29 is 0 Å². The molecule has 82 valence electrons. The van der Waals surface area contributed by atoms with Gasteiger partial charge in [-0.05, 0) is 56.2 Å². The molecule has 15 heavy (non-hydrogen) atoms. The molecule has 2 heteroatoms. The number of fused-ring (bicyclic) bond motifs is 1. The summed E-state index contributed by atoms with van der Waals surface area (Å²) < 4.78 is 0. The van der Waals surface area contributed by atoms with Crippen LogP contribution in [0.25, 0.3) is 5.57 Å². The molecule has 1 aliphatic rings. The molecule has 0 bridgehead atoms. The van der Waals surface area contributed by atoms with Crippen molar-refractivity contribution in [2.24, 2.45) is 0 Å². The van der Waals surface area contributed by atoms with Gasteiger partial charge in [0, 0.05) is 4.90 Å². The largest absolute Gasteiger partial charge is 0.0939 e. The van der Waals surface area contributed by atoms with Crippen molar-refractivity contribution in [2.45, 2.75) is 32.6 Å². The molecular weight excluding hydrogens is 219 g/mol. The monoisotopic (exact) mass is 238 g/mol. The Bertz CT molecular complexity index is 369. The smallest absolute Gasteiger partial charge is 0.0197 e. The van der Waals surface area contributed by atoms with Crippen molar-refractivity contribution in [1.82, 2.24) is 0 Å². The van der Waals surface area contributed by atoms with Gasteiger partial charge in [0.1, 0.15) is 0 Å². The van der Waals surface area contributed by atoms with E-state index in [1.807, 2.05) is 25.2 Å². The normalized spacial score (nSPS) is 18.5. The topological polar surface area (TPSA) is 0 Å². The Kier molecular flexibility index (Phi) is 4.89. The summed E-state index contributed by atoms with van der Waals surface area (Å²) in [6.45, 7) is 10.7. The van der Waals surface area contributed by atoms with Gasteiger partial charge in [-0.3, -0.25) is 0 Å². The minimum absolute atomic E-state index is 0.0247. The first-order valence-electron chi connectivity index (χ1n) is 5.37. The number of hydrogen-bond donors (Lipinski definition) is 0. The van der Waals surface area contributed by atoms with E-state index in [-0.39, 0.29) is 7.12 Å². The van der Waals surface area contributed by atoms with Crippen LogP contribution in [0, 0.1) is 6.92 Å². The molecule has 1 atom stereocenters. The quantitative estimate of drug-likeness (QED) is 0.537. The third kappa shape index (κ3) is 3.09. The zero-order chi connectivity index (χ0) is 11.4. The SMILES string of the molecule is CC.CC1=CP(C)Sc2cc(C)ccc21. The highest BCUT2D eigenvalue weighted by Gasteiger charge is 2.14. The van der Waals surface area contributed by atoms with Crippen LogP contribution in [0.4, 0.5) is 0 Å². The van der Waals surface area contributed by atoms with Crippen LogP contribution in [0.15, 0.2) is 28.9 Å². The lowest BCUT2D eigenvalue weighted by Crippen LogP contribution is -1.89. The van der Waals surface area contributed by atoms with Gasteiger partial charge in [-0.15, -0.1) is 0 Å². The van der Waals surface area contributed by atoms with Gasteiger partial charge < -0.3 is 0 Å². The standard InChI is InChI=1S/C11H13PS.C2H6/c1-8-4-5-10-9(2)7-12(3)13-11(10)6-8;1-2/h4-7H,1-3H3;1-2H3. The Morgan fingerprint density at radius 1 is 1.13 bits per heavy atom. The molecule has 0 aromatic heterocycles. The van der Waals surface area contributed by atoms with Crippen LogP contribution in [0.1, 0.15) is 31.9 Å². The van der Waals surface area contributed by atoms with E-state index in [1.165, 1.54) is 21.6 Å². The van der Waals surface area contributed by atoms with Gasteiger partial charge in [0.15, 0.2) is 0 Å². The number of rotatable bonds is 0. The highest BCUT2D eigenvalue weighted by molar-refractivity contribution is 8.56. The van der Waals surface area contributed by atoms with Gasteiger partial charge in [0.05, 0.1) is 0 Å². The number of benzene rings is 1. The van der Waals surface area contributed by atoms with Crippen molar-refractivity contribution in [3.8, 4) is 0 Å². The van der Waals surface area contributed by atoms with Crippen LogP contribution in [0.2, 0.25) is 0 Å². The summed E-state index contributed by atoms with van der Waals surface area (Å²) in [4.78, 5) is 1.47. The van der Waals surface area contributed by atoms with Gasteiger partial charge in [-0.2, -0.15) is 0 Å². The molecule has 1 aliphatic heterocycles. The lowest BCUT2D eigenvalue weighted by atomic mass is 10.1. The molecule has 0 radical (unpaired) electrons. The van der Waals surface area contributed by atoms with Crippen LogP contribution in [0.3, 0.4) is 0 Å². The lowest BCUT2D eigenvalue weighted by Gasteiger charge is -2.19. The zero-order valence-electron chi connectivity index (χ0n) is 10.2. The fourth-order valence-electron chi connectivity index (χ4n) is 1.55.